The highest BCUT2D eigenvalue weighted by Gasteiger charge is 2.49. The monoisotopic (exact) mass is 650 g/mol. The largest absolute Gasteiger partial charge is 0.465 e. The molecule has 4 rings (SSSR count). The van der Waals surface area contributed by atoms with Crippen LogP contribution in [0.4, 0.5) is 0 Å². The lowest BCUT2D eigenvalue weighted by atomic mass is 9.75. The molecule has 2 fully saturated rings. The molecule has 0 aromatic heterocycles. The Labute approximate surface area is 283 Å². The van der Waals surface area contributed by atoms with Gasteiger partial charge in [-0.25, -0.2) is 0 Å². The predicted octanol–water partition coefficient (Wildman–Crippen LogP) is 8.53. The van der Waals surface area contributed by atoms with E-state index >= 15 is 0 Å². The van der Waals surface area contributed by atoms with Gasteiger partial charge in [-0.15, -0.1) is 0 Å². The molecular formula is C39H58N2O6. The van der Waals surface area contributed by atoms with Crippen molar-refractivity contribution in [3.8, 4) is 0 Å². The SMILES string of the molecule is CC(ON1C(C)(C)CC(COC(=O)CCC(=O)OC2CC(C)(C)N(OC(C)c3ccccc3)C(C)(C)C2)CC1(C)C)c1ccccc1. The van der Waals surface area contributed by atoms with Crippen LogP contribution < -0.4 is 0 Å². The molecule has 2 aromatic rings. The van der Waals surface area contributed by atoms with Crippen LogP contribution >= 0.6 is 0 Å². The first-order chi connectivity index (χ1) is 21.9. The number of ether oxygens (including phenoxy) is 2. The number of esters is 2. The third-order valence-electron chi connectivity index (χ3n) is 9.61. The van der Waals surface area contributed by atoms with E-state index in [0.29, 0.717) is 19.4 Å². The number of rotatable bonds is 12. The fraction of sp³-hybridized carbons (Fsp3) is 0.641. The Kier molecular flexibility index (Phi) is 11.6. The van der Waals surface area contributed by atoms with Gasteiger partial charge in [0.15, 0.2) is 0 Å². The first kappa shape index (κ1) is 37.0. The molecule has 260 valence electrons. The molecule has 8 heteroatoms. The Morgan fingerprint density at radius 1 is 0.638 bits per heavy atom. The second-order valence-corrected chi connectivity index (χ2v) is 16.1. The smallest absolute Gasteiger partial charge is 0.306 e. The van der Waals surface area contributed by atoms with Gasteiger partial charge in [0.1, 0.15) is 18.3 Å². The van der Waals surface area contributed by atoms with Crippen molar-refractivity contribution >= 4 is 11.9 Å². The molecule has 0 radical (unpaired) electrons. The van der Waals surface area contributed by atoms with E-state index in [4.69, 9.17) is 19.1 Å². The number of hydrogen-bond donors (Lipinski definition) is 0. The van der Waals surface area contributed by atoms with Gasteiger partial charge in [-0.1, -0.05) is 60.7 Å². The van der Waals surface area contributed by atoms with Crippen LogP contribution in [0.15, 0.2) is 60.7 Å². The molecule has 0 bridgehead atoms. The molecule has 0 spiro atoms. The highest BCUT2D eigenvalue weighted by molar-refractivity contribution is 5.77. The first-order valence-electron chi connectivity index (χ1n) is 17.3. The van der Waals surface area contributed by atoms with Gasteiger partial charge in [0.2, 0.25) is 0 Å². The molecule has 2 aliphatic rings. The molecule has 2 heterocycles. The molecule has 0 saturated carbocycles. The number of carbonyl (C=O) groups excluding carboxylic acids is 2. The van der Waals surface area contributed by atoms with Crippen LogP contribution in [0.3, 0.4) is 0 Å². The van der Waals surface area contributed by atoms with Gasteiger partial charge in [0.25, 0.3) is 0 Å². The van der Waals surface area contributed by atoms with Gasteiger partial charge in [0.05, 0.1) is 19.4 Å². The number of benzene rings is 2. The van der Waals surface area contributed by atoms with Crippen molar-refractivity contribution in [2.45, 2.75) is 148 Å². The van der Waals surface area contributed by atoms with Crippen molar-refractivity contribution in [1.82, 2.24) is 10.1 Å². The van der Waals surface area contributed by atoms with Crippen LogP contribution in [0, 0.1) is 5.92 Å². The van der Waals surface area contributed by atoms with E-state index in [9.17, 15) is 9.59 Å². The molecule has 2 aromatic carbocycles. The quantitative estimate of drug-likeness (QED) is 0.212. The molecule has 47 heavy (non-hydrogen) atoms. The van der Waals surface area contributed by atoms with E-state index in [1.807, 2.05) is 36.4 Å². The van der Waals surface area contributed by atoms with Gasteiger partial charge in [0, 0.05) is 35.0 Å². The van der Waals surface area contributed by atoms with Crippen molar-refractivity contribution < 1.29 is 28.7 Å². The number of hydroxylamine groups is 4. The highest BCUT2D eigenvalue weighted by atomic mass is 16.7. The summed E-state index contributed by atoms with van der Waals surface area (Å²) in [5.74, 6) is -0.553. The lowest BCUT2D eigenvalue weighted by Gasteiger charge is -2.54. The number of carbonyl (C=O) groups is 2. The Hall–Kier alpha value is -2.78. The number of nitrogens with zero attached hydrogens (tertiary/aromatic N) is 2. The van der Waals surface area contributed by atoms with Gasteiger partial charge >= 0.3 is 11.9 Å². The third-order valence-corrected chi connectivity index (χ3v) is 9.61. The van der Waals surface area contributed by atoms with E-state index < -0.39 is 0 Å². The molecule has 8 nitrogen and oxygen atoms in total. The molecule has 2 saturated heterocycles. The third kappa shape index (κ3) is 9.65. The van der Waals surface area contributed by atoms with Crippen molar-refractivity contribution in [3.63, 3.8) is 0 Å². The van der Waals surface area contributed by atoms with Crippen LogP contribution in [0.25, 0.3) is 0 Å². The van der Waals surface area contributed by atoms with Crippen molar-refractivity contribution in [2.24, 2.45) is 5.92 Å². The van der Waals surface area contributed by atoms with Gasteiger partial charge in [-0.3, -0.25) is 19.3 Å². The second kappa shape index (κ2) is 14.8. The minimum Gasteiger partial charge on any atom is -0.465 e. The summed E-state index contributed by atoms with van der Waals surface area (Å²) in [5.41, 5.74) is 1.00. The Morgan fingerprint density at radius 2 is 1.02 bits per heavy atom. The molecule has 2 atom stereocenters. The topological polar surface area (TPSA) is 77.5 Å². The summed E-state index contributed by atoms with van der Waals surface area (Å²) in [7, 11) is 0. The van der Waals surface area contributed by atoms with Gasteiger partial charge in [-0.05, 0) is 99.1 Å². The summed E-state index contributed by atoms with van der Waals surface area (Å²) in [6.45, 7) is 21.6. The molecule has 0 aliphatic carbocycles. The lowest BCUT2D eigenvalue weighted by molar-refractivity contribution is -0.314. The minimum absolute atomic E-state index is 0.00207. The summed E-state index contributed by atoms with van der Waals surface area (Å²) in [6, 6.07) is 20.4. The maximum absolute atomic E-state index is 12.9. The fourth-order valence-electron chi connectivity index (χ4n) is 8.03. The second-order valence-electron chi connectivity index (χ2n) is 16.1. The number of piperidine rings is 2. The van der Waals surface area contributed by atoms with Gasteiger partial charge in [-0.2, -0.15) is 10.1 Å². The summed E-state index contributed by atoms with van der Waals surface area (Å²) in [4.78, 5) is 38.7. The van der Waals surface area contributed by atoms with Crippen LogP contribution in [0.5, 0.6) is 0 Å². The van der Waals surface area contributed by atoms with E-state index in [0.717, 1.165) is 24.0 Å². The maximum Gasteiger partial charge on any atom is 0.306 e. The fourth-order valence-corrected chi connectivity index (χ4v) is 8.03. The van der Waals surface area contributed by atoms with E-state index in [1.165, 1.54) is 0 Å². The predicted molar refractivity (Wildman–Crippen MR) is 184 cm³/mol. The molecule has 0 N–H and O–H groups in total. The molecule has 2 unspecified atom stereocenters. The molecule has 2 aliphatic heterocycles. The summed E-state index contributed by atoms with van der Waals surface area (Å²) in [5, 5.41) is 4.21. The van der Waals surface area contributed by atoms with E-state index in [2.05, 4.69) is 104 Å². The minimum atomic E-state index is -0.370. The highest BCUT2D eigenvalue weighted by Crippen LogP contribution is 2.44. The average Bonchev–Trinajstić information content (AvgIpc) is 2.98. The van der Waals surface area contributed by atoms with E-state index in [1.54, 1.807) is 0 Å². The van der Waals surface area contributed by atoms with Crippen molar-refractivity contribution in [2.75, 3.05) is 6.61 Å². The number of hydrogen-bond acceptors (Lipinski definition) is 8. The van der Waals surface area contributed by atoms with Crippen molar-refractivity contribution in [3.05, 3.63) is 71.8 Å². The van der Waals surface area contributed by atoms with E-state index in [-0.39, 0.29) is 71.2 Å². The van der Waals surface area contributed by atoms with Crippen LogP contribution in [0.2, 0.25) is 0 Å². The van der Waals surface area contributed by atoms with Gasteiger partial charge < -0.3 is 9.47 Å². The summed E-state index contributed by atoms with van der Waals surface area (Å²) >= 11 is 0. The first-order valence-corrected chi connectivity index (χ1v) is 17.3. The zero-order valence-electron chi connectivity index (χ0n) is 30.4. The Bertz CT molecular complexity index is 1290. The summed E-state index contributed by atoms with van der Waals surface area (Å²) in [6.07, 6.45) is 2.46. The standard InChI is InChI=1S/C39H58N2O6/c1-28(31-17-13-11-14-18-31)46-40-36(3,4)23-30(24-37(40,5)6)27-44-34(42)21-22-35(43)45-33-25-38(7,8)41(39(9,10)26-33)47-29(2)32-19-15-12-16-20-32/h11-20,28-30,33H,21-27H2,1-10H3. The summed E-state index contributed by atoms with van der Waals surface area (Å²) < 4.78 is 11.6. The lowest BCUT2D eigenvalue weighted by Crippen LogP contribution is -2.62. The molecule has 0 amide bonds. The molecular weight excluding hydrogens is 592 g/mol. The Morgan fingerprint density at radius 3 is 1.45 bits per heavy atom. The normalized spacial score (nSPS) is 22.7. The average molecular weight is 651 g/mol. The maximum atomic E-state index is 12.9. The zero-order chi connectivity index (χ0) is 34.6. The zero-order valence-corrected chi connectivity index (χ0v) is 30.4. The van der Waals surface area contributed by atoms with Crippen LogP contribution in [0.1, 0.15) is 131 Å². The van der Waals surface area contributed by atoms with Crippen LogP contribution in [-0.4, -0.2) is 56.9 Å². The van der Waals surface area contributed by atoms with Crippen LogP contribution in [-0.2, 0) is 28.7 Å². The Balaban J connectivity index is 1.23. The van der Waals surface area contributed by atoms with Crippen molar-refractivity contribution in [1.29, 1.82) is 0 Å².